The number of benzene rings is 1. The van der Waals surface area contributed by atoms with Crippen molar-refractivity contribution in [2.24, 2.45) is 17.8 Å². The normalized spacial score (nSPS) is 16.4. The van der Waals surface area contributed by atoms with Crippen LogP contribution in [0.25, 0.3) is 55.8 Å². The van der Waals surface area contributed by atoms with E-state index in [4.69, 9.17) is 78.8 Å². The summed E-state index contributed by atoms with van der Waals surface area (Å²) in [6, 6.07) is 7.44. The van der Waals surface area contributed by atoms with E-state index in [1.54, 1.807) is 78.1 Å². The molecule has 0 bridgehead atoms. The Balaban J connectivity index is 0.000000354. The van der Waals surface area contributed by atoms with Crippen LogP contribution in [0.4, 0.5) is 29.1 Å². The molecular weight excluding hydrogens is 1720 g/mol. The fourth-order valence-electron chi connectivity index (χ4n) is 11.1. The molecule has 16 N–H and O–H groups in total. The zero-order valence-electron chi connectivity index (χ0n) is 61.3. The molecule has 35 nitrogen and oxygen atoms in total. The van der Waals surface area contributed by atoms with Crippen molar-refractivity contribution < 1.29 is 67.2 Å². The number of H-pyrrole nitrogens is 3. The Hall–Kier alpha value is -11.1. The van der Waals surface area contributed by atoms with E-state index in [0.717, 1.165) is 77.0 Å². The summed E-state index contributed by atoms with van der Waals surface area (Å²) in [5.74, 6) is 17.7. The minimum absolute atomic E-state index is 0. The molecule has 0 amide bonds. The van der Waals surface area contributed by atoms with E-state index in [0.29, 0.717) is 94.4 Å². The standard InChI is InChI=1S/C21H21N5O3.C15H17N5O2.C10H11N5O.C8H14O3.C7H5N5.C5H4IN5.C5H8O.CH3I.3CH4.V/c1-3-17-24-19(22)18-20(25-17)26(12-23-18)14-9-7-13(8-10-14)21(27)29-16-6-4-5-15(11-16)28-2;1-3-11-18-13(16)12-14(19-11)20(8-17-12)10-6-4-9(5-7-10)15(21)22-2;1-10(2,16)4-3-6-14-8(11)7-9(15-6)13-5-12-7;1-11-8(10)6-2-4-7(9)5-3-6;1-2-4-11-6(8)5-7(12-4)10-3-9-5;6-5-10-3(7)2-4(11-5)9-1-8-2;1-4-5(2,3)6;1-2;;;;/h1,4-6,11-14H,7-10H2,2H3,(H2,22,24,25);1,8-10H,4-7H2,2H3,(H2,16,18,19);5,16H,1-2H3,(H3,11,12,13,14,15);6-7,9H,2-5H2,1H3;1,3H,(H3,8,9,10,11,12);1H,(H3,7,8,9,10,11);1,6H,2-3H3;1H3;3*1H4;. The number of fused-ring (bicyclic) bond motifs is 5. The van der Waals surface area contributed by atoms with Gasteiger partial charge in [0, 0.05) is 59.3 Å². The number of carbonyl (C=O) groups is 3. The van der Waals surface area contributed by atoms with E-state index in [2.05, 4.69) is 153 Å². The number of aromatic nitrogens is 20. The molecule has 1 aromatic carbocycles. The summed E-state index contributed by atoms with van der Waals surface area (Å²) in [7, 11) is 4.42. The van der Waals surface area contributed by atoms with Crippen molar-refractivity contribution in [3.05, 3.63) is 83.0 Å². The molecule has 0 unspecified atom stereocenters. The molecule has 3 aliphatic rings. The van der Waals surface area contributed by atoms with Gasteiger partial charge in [-0.25, -0.2) is 64.8 Å². The number of anilines is 5. The number of alkyl halides is 1. The molecule has 3 aliphatic carbocycles. The number of aliphatic hydroxyl groups excluding tert-OH is 1. The second-order valence-electron chi connectivity index (χ2n) is 25.2. The first-order chi connectivity index (χ1) is 52.1. The summed E-state index contributed by atoms with van der Waals surface area (Å²) in [6.07, 6.45) is 37.8. The van der Waals surface area contributed by atoms with Crippen molar-refractivity contribution in [1.29, 1.82) is 0 Å². The molecule has 0 spiro atoms. The molecule has 599 valence electrons. The molecule has 0 aliphatic heterocycles. The third-order valence-electron chi connectivity index (χ3n) is 16.6. The van der Waals surface area contributed by atoms with Crippen molar-refractivity contribution in [3.8, 4) is 72.7 Å². The summed E-state index contributed by atoms with van der Waals surface area (Å²) in [5, 5.41) is 27.2. The number of hydrogen-bond acceptors (Lipinski definition) is 30. The van der Waals surface area contributed by atoms with Crippen LogP contribution in [0, 0.1) is 82.8 Å². The molecule has 14 rings (SSSR count). The smallest absolute Gasteiger partial charge is 0.314 e. The summed E-state index contributed by atoms with van der Waals surface area (Å²) >= 11 is 4.14. The average Bonchev–Trinajstić information content (AvgIpc) is 1.66. The van der Waals surface area contributed by atoms with Gasteiger partial charge in [-0.3, -0.25) is 14.4 Å². The van der Waals surface area contributed by atoms with Crippen LogP contribution >= 0.6 is 45.2 Å². The first kappa shape index (κ1) is 96.1. The largest absolute Gasteiger partial charge is 0.497 e. The third kappa shape index (κ3) is 27.4. The number of methoxy groups -OCH3 is 3. The van der Waals surface area contributed by atoms with Crippen LogP contribution in [0.5, 0.6) is 11.5 Å². The van der Waals surface area contributed by atoms with Crippen molar-refractivity contribution >= 4 is 148 Å². The second kappa shape index (κ2) is 45.4. The number of aromatic amines is 3. The summed E-state index contributed by atoms with van der Waals surface area (Å²) in [6.45, 7) is 6.28. The van der Waals surface area contributed by atoms with Gasteiger partial charge >= 0.3 is 17.9 Å². The van der Waals surface area contributed by atoms with E-state index in [1.165, 1.54) is 26.9 Å². The number of aliphatic hydroxyl groups is 3. The quantitative estimate of drug-likeness (QED) is 0.0177. The molecule has 3 fully saturated rings. The van der Waals surface area contributed by atoms with Gasteiger partial charge in [-0.2, -0.15) is 9.97 Å². The number of nitrogens with two attached hydrogens (primary N) is 5. The van der Waals surface area contributed by atoms with Gasteiger partial charge in [-0.05, 0) is 145 Å². The summed E-state index contributed by atoms with van der Waals surface area (Å²) < 4.78 is 24.7. The SMILES string of the molecule is C.C.C.C#CC(C)(C)O.C#Cc1nc(N)c2[nH]cnc2n1.C#Cc1nc(N)c2ncn(C3CCC(C(=O)OC)CC3)c2n1.C#Cc1nc(N)c2ncn(C3CCC(C(=O)Oc4cccc(OC)c4)CC3)c2n1.CC(C)(O)C#Cc1nc(N)c2[nH]cnc2n1.CI.COC(=O)C1CCC(O)CC1.Nc1nc(I)nc2nc[nH]c12.[V]. The number of nitrogens with one attached hydrogen (secondary N) is 3. The van der Waals surface area contributed by atoms with Crippen molar-refractivity contribution in [2.75, 3.05) is 54.9 Å². The molecule has 10 heterocycles. The van der Waals surface area contributed by atoms with Crippen LogP contribution in [0.15, 0.2) is 55.9 Å². The molecule has 113 heavy (non-hydrogen) atoms. The third-order valence-corrected chi connectivity index (χ3v) is 17.1. The Morgan fingerprint density at radius 2 is 0.876 bits per heavy atom. The van der Waals surface area contributed by atoms with Gasteiger partial charge in [-0.15, -0.1) is 25.7 Å². The number of carbonyl (C=O) groups excluding carboxylic acids is 3. The minimum Gasteiger partial charge on any atom is -0.497 e. The fourth-order valence-corrected chi connectivity index (χ4v) is 11.6. The maximum absolute atomic E-state index is 12.6. The van der Waals surface area contributed by atoms with Gasteiger partial charge in [0.15, 0.2) is 61.2 Å². The number of hydrogen-bond donors (Lipinski definition) is 11. The maximum atomic E-state index is 12.6. The number of nitrogens with zero attached hydrogens (tertiary/aromatic N) is 17. The first-order valence-corrected chi connectivity index (χ1v) is 36.8. The predicted octanol–water partition coefficient (Wildman–Crippen LogP) is 8.60. The number of halogens is 2. The van der Waals surface area contributed by atoms with Gasteiger partial charge in [0.25, 0.3) is 0 Å². The Bertz CT molecular complexity index is 5180. The van der Waals surface area contributed by atoms with Crippen LogP contribution in [0.2, 0.25) is 0 Å². The number of rotatable bonds is 7. The molecule has 1 radical (unpaired) electrons. The van der Waals surface area contributed by atoms with Crippen LogP contribution in [0.3, 0.4) is 0 Å². The molecule has 0 atom stereocenters. The average molecular weight is 1810 g/mol. The van der Waals surface area contributed by atoms with E-state index in [1.807, 2.05) is 36.7 Å². The van der Waals surface area contributed by atoms with E-state index < -0.39 is 11.2 Å². The van der Waals surface area contributed by atoms with Crippen LogP contribution < -0.4 is 38.1 Å². The van der Waals surface area contributed by atoms with E-state index >= 15 is 0 Å². The number of nitrogen functional groups attached to an aromatic ring is 5. The van der Waals surface area contributed by atoms with E-state index in [-0.39, 0.29) is 124 Å². The topological polar surface area (TPSA) is 530 Å². The number of esters is 3. The van der Waals surface area contributed by atoms with Crippen molar-refractivity contribution in [3.63, 3.8) is 0 Å². The van der Waals surface area contributed by atoms with Crippen molar-refractivity contribution in [1.82, 2.24) is 98.8 Å². The van der Waals surface area contributed by atoms with E-state index in [9.17, 15) is 19.5 Å². The number of ether oxygens (including phenoxy) is 4. The summed E-state index contributed by atoms with van der Waals surface area (Å²) in [5.41, 5.74) is 32.5. The Kier molecular flexibility index (Phi) is 38.6. The predicted molar refractivity (Wildman–Crippen MR) is 445 cm³/mol. The molecule has 3 saturated carbocycles. The summed E-state index contributed by atoms with van der Waals surface area (Å²) in [4.78, 5) is 107. The molecule has 10 aromatic heterocycles. The van der Waals surface area contributed by atoms with Gasteiger partial charge in [0.1, 0.15) is 50.3 Å². The molecule has 0 saturated heterocycles. The van der Waals surface area contributed by atoms with Crippen LogP contribution in [0.1, 0.15) is 162 Å². The van der Waals surface area contributed by atoms with Gasteiger partial charge in [0.2, 0.25) is 23.3 Å². The van der Waals surface area contributed by atoms with Crippen LogP contribution in [-0.4, -0.2) is 176 Å². The Morgan fingerprint density at radius 1 is 0.513 bits per heavy atom. The number of imidazole rings is 5. The van der Waals surface area contributed by atoms with Crippen molar-refractivity contribution in [2.45, 2.75) is 156 Å². The maximum Gasteiger partial charge on any atom is 0.314 e. The molecule has 38 heteroatoms. The van der Waals surface area contributed by atoms with Gasteiger partial charge in [-0.1, -0.05) is 62.8 Å². The minimum atomic E-state index is -1.08. The number of terminal acetylenes is 4. The molecular formula is C75H95I2N25O10V. The Morgan fingerprint density at radius 3 is 1.27 bits per heavy atom. The zero-order chi connectivity index (χ0) is 79.7. The van der Waals surface area contributed by atoms with Crippen LogP contribution in [-0.2, 0) is 42.4 Å². The Labute approximate surface area is 694 Å². The molecule has 11 aromatic rings. The van der Waals surface area contributed by atoms with Gasteiger partial charge < -0.3 is 87.0 Å². The monoisotopic (exact) mass is 1810 g/mol. The fraction of sp³-hybridized carbons (Fsp3) is 0.413. The zero-order valence-corrected chi connectivity index (χ0v) is 67.1. The first-order valence-electron chi connectivity index (χ1n) is 33.5. The van der Waals surface area contributed by atoms with Gasteiger partial charge in [0.05, 0.1) is 76.8 Å². The second-order valence-corrected chi connectivity index (χ2v) is 26.1.